The first-order valence-electron chi connectivity index (χ1n) is 8.63. The summed E-state index contributed by atoms with van der Waals surface area (Å²) in [6.07, 6.45) is 6.20. The van der Waals surface area contributed by atoms with Crippen LogP contribution >= 0.6 is 0 Å². The zero-order chi connectivity index (χ0) is 15.9. The molecule has 1 aliphatic heterocycles. The standard InChI is InChI=1S/C20H27N3/c1-22(13-9-18-7-11-21-12-8-18)15-20-10-14-23(17-20)16-19-5-3-2-4-6-19/h2-8,11-12,20H,9-10,13-17H2,1H3/t20-/m1/s1. The van der Waals surface area contributed by atoms with Crippen LogP contribution < -0.4 is 0 Å². The number of rotatable bonds is 7. The summed E-state index contributed by atoms with van der Waals surface area (Å²) in [5.74, 6) is 0.807. The molecule has 1 saturated heterocycles. The van der Waals surface area contributed by atoms with Crippen molar-refractivity contribution in [1.82, 2.24) is 14.8 Å². The molecular formula is C20H27N3. The van der Waals surface area contributed by atoms with Crippen LogP contribution in [0.4, 0.5) is 0 Å². The number of likely N-dealkylation sites (N-methyl/N-ethyl adjacent to an activating group) is 1. The molecular weight excluding hydrogens is 282 g/mol. The molecule has 0 spiro atoms. The minimum absolute atomic E-state index is 0.807. The maximum atomic E-state index is 4.08. The smallest absolute Gasteiger partial charge is 0.0270 e. The van der Waals surface area contributed by atoms with Gasteiger partial charge < -0.3 is 4.90 Å². The normalized spacial score (nSPS) is 18.6. The molecule has 3 rings (SSSR count). The minimum atomic E-state index is 0.807. The Bertz CT molecular complexity index is 570. The summed E-state index contributed by atoms with van der Waals surface area (Å²) in [6.45, 7) is 5.89. The lowest BCUT2D eigenvalue weighted by molar-refractivity contribution is 0.262. The SMILES string of the molecule is CN(CCc1ccncc1)C[C@H]1CCN(Cc2ccccc2)C1. The molecule has 3 nitrogen and oxygen atoms in total. The summed E-state index contributed by atoms with van der Waals surface area (Å²) < 4.78 is 0. The van der Waals surface area contributed by atoms with Gasteiger partial charge in [-0.05, 0) is 55.6 Å². The number of hydrogen-bond donors (Lipinski definition) is 0. The third-order valence-electron chi connectivity index (χ3n) is 4.72. The van der Waals surface area contributed by atoms with E-state index >= 15 is 0 Å². The van der Waals surface area contributed by atoms with Gasteiger partial charge in [0.1, 0.15) is 0 Å². The second-order valence-corrected chi connectivity index (χ2v) is 6.74. The fraction of sp³-hybridized carbons (Fsp3) is 0.450. The zero-order valence-electron chi connectivity index (χ0n) is 14.1. The predicted molar refractivity (Wildman–Crippen MR) is 95.3 cm³/mol. The molecule has 0 saturated carbocycles. The Morgan fingerprint density at radius 1 is 1.09 bits per heavy atom. The lowest BCUT2D eigenvalue weighted by Crippen LogP contribution is -2.29. The summed E-state index contributed by atoms with van der Waals surface area (Å²) in [5, 5.41) is 0. The van der Waals surface area contributed by atoms with Gasteiger partial charge in [-0.3, -0.25) is 9.88 Å². The van der Waals surface area contributed by atoms with Gasteiger partial charge in [0.05, 0.1) is 0 Å². The third kappa shape index (κ3) is 5.15. The van der Waals surface area contributed by atoms with Crippen molar-refractivity contribution in [1.29, 1.82) is 0 Å². The number of hydrogen-bond acceptors (Lipinski definition) is 3. The summed E-state index contributed by atoms with van der Waals surface area (Å²) in [4.78, 5) is 9.16. The van der Waals surface area contributed by atoms with Crippen molar-refractivity contribution in [2.24, 2.45) is 5.92 Å². The van der Waals surface area contributed by atoms with Crippen LogP contribution in [-0.2, 0) is 13.0 Å². The number of likely N-dealkylation sites (tertiary alicyclic amines) is 1. The summed E-state index contributed by atoms with van der Waals surface area (Å²) in [6, 6.07) is 15.1. The molecule has 1 aliphatic rings. The van der Waals surface area contributed by atoms with E-state index in [1.165, 1.54) is 37.2 Å². The molecule has 0 bridgehead atoms. The molecule has 0 N–H and O–H groups in total. The fourth-order valence-electron chi connectivity index (χ4n) is 3.45. The van der Waals surface area contributed by atoms with E-state index in [1.54, 1.807) is 0 Å². The van der Waals surface area contributed by atoms with Gasteiger partial charge in [-0.25, -0.2) is 0 Å². The molecule has 0 unspecified atom stereocenters. The van der Waals surface area contributed by atoms with Crippen LogP contribution in [0.25, 0.3) is 0 Å². The molecule has 0 amide bonds. The van der Waals surface area contributed by atoms with Gasteiger partial charge in [0.15, 0.2) is 0 Å². The summed E-state index contributed by atoms with van der Waals surface area (Å²) in [7, 11) is 2.25. The zero-order valence-corrected chi connectivity index (χ0v) is 14.1. The molecule has 23 heavy (non-hydrogen) atoms. The van der Waals surface area contributed by atoms with E-state index in [9.17, 15) is 0 Å². The van der Waals surface area contributed by atoms with E-state index in [-0.39, 0.29) is 0 Å². The molecule has 0 aliphatic carbocycles. The van der Waals surface area contributed by atoms with Crippen LogP contribution in [0.5, 0.6) is 0 Å². The first kappa shape index (κ1) is 16.2. The highest BCUT2D eigenvalue weighted by Gasteiger charge is 2.23. The number of benzene rings is 1. The number of nitrogens with zero attached hydrogens (tertiary/aromatic N) is 3. The Kier molecular flexibility index (Phi) is 5.78. The molecule has 1 atom stereocenters. The van der Waals surface area contributed by atoms with Crippen LogP contribution in [0.1, 0.15) is 17.5 Å². The summed E-state index contributed by atoms with van der Waals surface area (Å²) in [5.41, 5.74) is 2.81. The van der Waals surface area contributed by atoms with Crippen molar-refractivity contribution < 1.29 is 0 Å². The molecule has 1 fully saturated rings. The number of aromatic nitrogens is 1. The van der Waals surface area contributed by atoms with E-state index in [4.69, 9.17) is 0 Å². The summed E-state index contributed by atoms with van der Waals surface area (Å²) >= 11 is 0. The van der Waals surface area contributed by atoms with Crippen LogP contribution in [0, 0.1) is 5.92 Å². The third-order valence-corrected chi connectivity index (χ3v) is 4.72. The minimum Gasteiger partial charge on any atom is -0.306 e. The van der Waals surface area contributed by atoms with E-state index in [0.717, 1.165) is 25.4 Å². The first-order valence-corrected chi connectivity index (χ1v) is 8.63. The maximum Gasteiger partial charge on any atom is 0.0270 e. The second kappa shape index (κ2) is 8.23. The van der Waals surface area contributed by atoms with E-state index < -0.39 is 0 Å². The van der Waals surface area contributed by atoms with Crippen molar-refractivity contribution in [3.8, 4) is 0 Å². The molecule has 2 heterocycles. The number of pyridine rings is 1. The van der Waals surface area contributed by atoms with Gasteiger partial charge in [0, 0.05) is 38.6 Å². The Morgan fingerprint density at radius 2 is 1.87 bits per heavy atom. The second-order valence-electron chi connectivity index (χ2n) is 6.74. The molecule has 0 radical (unpaired) electrons. The molecule has 3 heteroatoms. The highest BCUT2D eigenvalue weighted by Crippen LogP contribution is 2.19. The molecule has 1 aromatic heterocycles. The van der Waals surface area contributed by atoms with Crippen molar-refractivity contribution in [3.63, 3.8) is 0 Å². The van der Waals surface area contributed by atoms with Crippen LogP contribution in [0.2, 0.25) is 0 Å². The van der Waals surface area contributed by atoms with E-state index in [0.29, 0.717) is 0 Å². The van der Waals surface area contributed by atoms with Crippen molar-refractivity contribution in [3.05, 3.63) is 66.0 Å². The predicted octanol–water partition coefficient (Wildman–Crippen LogP) is 3.08. The van der Waals surface area contributed by atoms with Gasteiger partial charge >= 0.3 is 0 Å². The van der Waals surface area contributed by atoms with Gasteiger partial charge in [0.25, 0.3) is 0 Å². The van der Waals surface area contributed by atoms with Crippen molar-refractivity contribution in [2.75, 3.05) is 33.2 Å². The lowest BCUT2D eigenvalue weighted by Gasteiger charge is -2.21. The van der Waals surface area contributed by atoms with Crippen LogP contribution in [0.3, 0.4) is 0 Å². The van der Waals surface area contributed by atoms with Gasteiger partial charge in [-0.2, -0.15) is 0 Å². The maximum absolute atomic E-state index is 4.08. The van der Waals surface area contributed by atoms with Crippen LogP contribution in [-0.4, -0.2) is 48.0 Å². The molecule has 122 valence electrons. The van der Waals surface area contributed by atoms with Crippen molar-refractivity contribution >= 4 is 0 Å². The topological polar surface area (TPSA) is 19.4 Å². The van der Waals surface area contributed by atoms with Crippen LogP contribution in [0.15, 0.2) is 54.9 Å². The Labute approximate surface area is 140 Å². The Morgan fingerprint density at radius 3 is 2.65 bits per heavy atom. The highest BCUT2D eigenvalue weighted by molar-refractivity contribution is 5.14. The average Bonchev–Trinajstić information content (AvgIpc) is 3.02. The Hall–Kier alpha value is -1.71. The monoisotopic (exact) mass is 309 g/mol. The first-order chi connectivity index (χ1) is 11.3. The van der Waals surface area contributed by atoms with Gasteiger partial charge in [-0.1, -0.05) is 30.3 Å². The average molecular weight is 309 g/mol. The van der Waals surface area contributed by atoms with Gasteiger partial charge in [0.2, 0.25) is 0 Å². The van der Waals surface area contributed by atoms with Crippen molar-refractivity contribution in [2.45, 2.75) is 19.4 Å². The molecule has 1 aromatic carbocycles. The Balaban J connectivity index is 1.39. The fourth-order valence-corrected chi connectivity index (χ4v) is 3.45. The lowest BCUT2D eigenvalue weighted by atomic mass is 10.1. The van der Waals surface area contributed by atoms with E-state index in [2.05, 4.69) is 64.3 Å². The van der Waals surface area contributed by atoms with E-state index in [1.807, 2.05) is 12.4 Å². The van der Waals surface area contributed by atoms with Gasteiger partial charge in [-0.15, -0.1) is 0 Å². The quantitative estimate of drug-likeness (QED) is 0.783. The largest absolute Gasteiger partial charge is 0.306 e. The highest BCUT2D eigenvalue weighted by atomic mass is 15.2. The molecule has 2 aromatic rings.